The number of rotatable bonds is 32. The number of hydrogen-bond donors (Lipinski definition) is 7. The SMILES string of the molecule is CCOCCOCCOCCOCCN/C=C(\N)COC(=O)NCCNC(=O)CNC(=O)CNC(=O)CNC(=O)CON=C(CSC)CSC. The van der Waals surface area contributed by atoms with Crippen molar-refractivity contribution in [2.45, 2.75) is 6.92 Å². The number of oxime groups is 1. The molecular weight excluding hydrogens is 700 g/mol. The minimum Gasteiger partial charge on any atom is -0.443 e. The van der Waals surface area contributed by atoms with Gasteiger partial charge in [-0.2, -0.15) is 23.5 Å². The van der Waals surface area contributed by atoms with Crippen LogP contribution in [0.3, 0.4) is 0 Å². The van der Waals surface area contributed by atoms with E-state index in [0.29, 0.717) is 70.9 Å². The Kier molecular flexibility index (Phi) is 31.6. The zero-order valence-electron chi connectivity index (χ0n) is 29.1. The molecule has 0 saturated carbocycles. The lowest BCUT2D eigenvalue weighted by Gasteiger charge is -2.10. The minimum atomic E-state index is -0.730. The highest BCUT2D eigenvalue weighted by Gasteiger charge is 2.10. The molecule has 0 heterocycles. The third-order valence-electron chi connectivity index (χ3n) is 5.43. The number of ether oxygens (including phenoxy) is 5. The second kappa shape index (κ2) is 34.0. The van der Waals surface area contributed by atoms with E-state index >= 15 is 0 Å². The van der Waals surface area contributed by atoms with Gasteiger partial charge in [-0.15, -0.1) is 0 Å². The highest BCUT2D eigenvalue weighted by molar-refractivity contribution is 8.00. The lowest BCUT2D eigenvalue weighted by atomic mass is 10.4. The molecule has 0 unspecified atom stereocenters. The molecule has 0 spiro atoms. The molecule has 0 aliphatic carbocycles. The maximum absolute atomic E-state index is 11.9. The summed E-state index contributed by atoms with van der Waals surface area (Å²) in [6, 6.07) is 0. The van der Waals surface area contributed by atoms with Crippen LogP contribution in [-0.4, -0.2) is 165 Å². The van der Waals surface area contributed by atoms with E-state index in [1.54, 1.807) is 23.5 Å². The Labute approximate surface area is 301 Å². The fourth-order valence-electron chi connectivity index (χ4n) is 3.13. The summed E-state index contributed by atoms with van der Waals surface area (Å²) in [6.45, 7) is 5.05. The maximum Gasteiger partial charge on any atom is 0.407 e. The van der Waals surface area contributed by atoms with Crippen molar-refractivity contribution in [2.24, 2.45) is 10.9 Å². The van der Waals surface area contributed by atoms with Gasteiger partial charge in [0, 0.05) is 43.9 Å². The first-order valence-electron chi connectivity index (χ1n) is 15.8. The number of nitrogens with one attached hydrogen (secondary N) is 6. The molecule has 0 saturated heterocycles. The standard InChI is InChI=1S/C29H54N8O11S2/c1-4-43-9-10-45-13-14-46-12-11-44-8-7-31-15-23(30)19-47-29(42)33-6-5-32-25(38)16-34-26(39)17-35-27(40)18-36-28(41)20-48-37-24(21-49-2)22-50-3/h15,31H,4-14,16-22,30H2,1-3H3,(H,32,38)(H,33,42)(H,34,39)(H,35,40)(H,36,41)/b23-15-. The number of amides is 5. The molecule has 8 N–H and O–H groups in total. The summed E-state index contributed by atoms with van der Waals surface area (Å²) in [5, 5.41) is 18.8. The minimum absolute atomic E-state index is 0.0678. The fraction of sp³-hybridized carbons (Fsp3) is 0.724. The molecule has 21 heteroatoms. The van der Waals surface area contributed by atoms with Crippen LogP contribution in [0.5, 0.6) is 0 Å². The molecule has 0 aliphatic rings. The van der Waals surface area contributed by atoms with Crippen molar-refractivity contribution in [1.82, 2.24) is 31.9 Å². The van der Waals surface area contributed by atoms with Gasteiger partial charge in [0.15, 0.2) is 6.61 Å². The third kappa shape index (κ3) is 31.7. The van der Waals surface area contributed by atoms with Gasteiger partial charge in [0.05, 0.1) is 77.3 Å². The smallest absolute Gasteiger partial charge is 0.407 e. The number of carbonyl (C=O) groups is 5. The first-order valence-corrected chi connectivity index (χ1v) is 18.6. The molecule has 0 aliphatic heterocycles. The second-order valence-electron chi connectivity index (χ2n) is 9.69. The number of carbonyl (C=O) groups excluding carboxylic acids is 5. The predicted molar refractivity (Wildman–Crippen MR) is 191 cm³/mol. The normalized spacial score (nSPS) is 10.8. The van der Waals surface area contributed by atoms with Crippen LogP contribution in [0.15, 0.2) is 17.1 Å². The summed E-state index contributed by atoms with van der Waals surface area (Å²) in [5.41, 5.74) is 6.89. The Morgan fingerprint density at radius 2 is 1.14 bits per heavy atom. The van der Waals surface area contributed by atoms with Gasteiger partial charge in [-0.05, 0) is 19.4 Å². The molecule has 0 aromatic heterocycles. The molecule has 5 amide bonds. The van der Waals surface area contributed by atoms with Crippen molar-refractivity contribution < 1.29 is 52.5 Å². The topological polar surface area (TPSA) is 251 Å². The molecule has 0 rings (SSSR count). The second-order valence-corrected chi connectivity index (χ2v) is 11.4. The average molecular weight is 755 g/mol. The van der Waals surface area contributed by atoms with Gasteiger partial charge >= 0.3 is 6.09 Å². The molecule has 19 nitrogen and oxygen atoms in total. The summed E-state index contributed by atoms with van der Waals surface area (Å²) in [5.74, 6) is -0.910. The number of thioether (sulfide) groups is 2. The highest BCUT2D eigenvalue weighted by atomic mass is 32.2. The molecule has 0 bridgehead atoms. The number of nitrogens with two attached hydrogens (primary N) is 1. The van der Waals surface area contributed by atoms with E-state index in [1.165, 1.54) is 6.20 Å². The Bertz CT molecular complexity index is 1020. The van der Waals surface area contributed by atoms with Crippen molar-refractivity contribution in [1.29, 1.82) is 0 Å². The largest absolute Gasteiger partial charge is 0.443 e. The van der Waals surface area contributed by atoms with Crippen LogP contribution in [0, 0.1) is 0 Å². The molecule has 288 valence electrons. The predicted octanol–water partition coefficient (Wildman–Crippen LogP) is -2.25. The molecular formula is C29H54N8O11S2. The average Bonchev–Trinajstić information content (AvgIpc) is 3.10. The lowest BCUT2D eigenvalue weighted by Crippen LogP contribution is -2.45. The van der Waals surface area contributed by atoms with E-state index in [9.17, 15) is 24.0 Å². The van der Waals surface area contributed by atoms with Gasteiger partial charge in [-0.1, -0.05) is 5.16 Å². The van der Waals surface area contributed by atoms with E-state index in [1.807, 2.05) is 19.4 Å². The third-order valence-corrected chi connectivity index (χ3v) is 6.68. The maximum atomic E-state index is 11.9. The highest BCUT2D eigenvalue weighted by Crippen LogP contribution is 2.01. The van der Waals surface area contributed by atoms with Crippen molar-refractivity contribution in [2.75, 3.05) is 129 Å². The Morgan fingerprint density at radius 1 is 0.640 bits per heavy atom. The molecule has 50 heavy (non-hydrogen) atoms. The lowest BCUT2D eigenvalue weighted by molar-refractivity contribution is -0.130. The van der Waals surface area contributed by atoms with E-state index in [0.717, 1.165) is 5.71 Å². The van der Waals surface area contributed by atoms with E-state index in [2.05, 4.69) is 37.1 Å². The van der Waals surface area contributed by atoms with Crippen molar-refractivity contribution >= 4 is 59.0 Å². The van der Waals surface area contributed by atoms with Gasteiger partial charge < -0.3 is 66.2 Å². The van der Waals surface area contributed by atoms with Gasteiger partial charge in [0.1, 0.15) is 6.61 Å². The van der Waals surface area contributed by atoms with Crippen molar-refractivity contribution in [3.05, 3.63) is 11.9 Å². The van der Waals surface area contributed by atoms with E-state index < -0.39 is 36.3 Å². The number of nitrogens with zero attached hydrogens (tertiary/aromatic N) is 1. The summed E-state index contributed by atoms with van der Waals surface area (Å²) in [6.07, 6.45) is 4.64. The number of hydrogen-bond acceptors (Lipinski definition) is 16. The van der Waals surface area contributed by atoms with Gasteiger partial charge in [-0.25, -0.2) is 4.79 Å². The zero-order valence-corrected chi connectivity index (χ0v) is 30.8. The molecule has 0 radical (unpaired) electrons. The Balaban J connectivity index is 3.78. The Hall–Kier alpha value is -3.50. The first kappa shape index (κ1) is 46.5. The van der Waals surface area contributed by atoms with Crippen LogP contribution in [0.1, 0.15) is 6.92 Å². The quantitative estimate of drug-likeness (QED) is 0.0218. The van der Waals surface area contributed by atoms with Gasteiger partial charge in [0.2, 0.25) is 17.7 Å². The van der Waals surface area contributed by atoms with Gasteiger partial charge in [0.25, 0.3) is 5.91 Å². The summed E-state index contributed by atoms with van der Waals surface area (Å²) in [4.78, 5) is 64.3. The van der Waals surface area contributed by atoms with Crippen molar-refractivity contribution in [3.8, 4) is 0 Å². The molecule has 0 aromatic rings. The van der Waals surface area contributed by atoms with E-state index in [4.69, 9.17) is 34.3 Å². The Morgan fingerprint density at radius 3 is 1.70 bits per heavy atom. The van der Waals surface area contributed by atoms with E-state index in [-0.39, 0.29) is 45.1 Å². The van der Waals surface area contributed by atoms with Crippen LogP contribution >= 0.6 is 23.5 Å². The number of alkyl carbamates (subject to hydrolysis) is 1. The first-order chi connectivity index (χ1) is 24.2. The van der Waals surface area contributed by atoms with Crippen molar-refractivity contribution in [3.63, 3.8) is 0 Å². The monoisotopic (exact) mass is 754 g/mol. The van der Waals surface area contributed by atoms with Crippen LogP contribution in [-0.2, 0) is 47.7 Å². The zero-order chi connectivity index (χ0) is 37.1. The van der Waals surface area contributed by atoms with Crippen LogP contribution < -0.4 is 37.6 Å². The summed E-state index contributed by atoms with van der Waals surface area (Å²) >= 11 is 3.17. The van der Waals surface area contributed by atoms with Crippen LogP contribution in [0.25, 0.3) is 0 Å². The van der Waals surface area contributed by atoms with Crippen LogP contribution in [0.2, 0.25) is 0 Å². The molecule has 0 fully saturated rings. The molecule has 0 aromatic carbocycles. The summed E-state index contributed by atoms with van der Waals surface area (Å²) < 4.78 is 26.3. The fourth-order valence-corrected chi connectivity index (χ4v) is 4.24. The summed E-state index contributed by atoms with van der Waals surface area (Å²) in [7, 11) is 0. The molecule has 0 atom stereocenters. The van der Waals surface area contributed by atoms with Crippen LogP contribution in [0.4, 0.5) is 4.79 Å². The van der Waals surface area contributed by atoms with Gasteiger partial charge in [-0.3, -0.25) is 19.2 Å².